The Balaban J connectivity index is 0.000000418. The standard InChI is InChI=1S/2C13H24O3.C13H18O3.C13H22O.H2/c2*1-16-12(15)7-10-13(11-14)8-5-3-2-4-6-9-13;14-10-12(16)6-9-13(11-15)7-4-2-1-3-5-8-13;1-12-7-10-13(11-14-12)8-5-3-2-4-6-9-13;/h2*14H,2-11H2,1H3;2,4,10-11H,1,3,5-9H2;1-11H2;1H/b;;4-2-;;. The molecule has 0 aromatic heterocycles. The molecule has 0 bridgehead atoms. The third-order valence-corrected chi connectivity index (χ3v) is 14.8. The highest BCUT2D eigenvalue weighted by atomic mass is 16.5. The van der Waals surface area contributed by atoms with E-state index >= 15 is 0 Å². The Hall–Kier alpha value is -2.85. The molecule has 358 valence electrons. The molecule has 1 saturated heterocycles. The first-order valence-corrected chi connectivity index (χ1v) is 24.7. The number of Topliss-reactive ketones (excluding diaryl/α,β-unsaturated/α-hetero) is 1. The molecule has 0 aromatic carbocycles. The number of methoxy groups -OCH3 is 2. The first-order valence-electron chi connectivity index (χ1n) is 24.7. The summed E-state index contributed by atoms with van der Waals surface area (Å²) in [7, 11) is 2.85. The van der Waals surface area contributed by atoms with E-state index in [4.69, 9.17) is 4.74 Å². The largest absolute Gasteiger partial charge is 0.498 e. The van der Waals surface area contributed by atoms with Crippen LogP contribution in [0.5, 0.6) is 0 Å². The van der Waals surface area contributed by atoms with Gasteiger partial charge in [0.05, 0.1) is 26.6 Å². The minimum absolute atomic E-state index is 0. The van der Waals surface area contributed by atoms with Gasteiger partial charge in [0.25, 0.3) is 0 Å². The predicted octanol–water partition coefficient (Wildman–Crippen LogP) is 11.9. The van der Waals surface area contributed by atoms with Crippen LogP contribution < -0.4 is 0 Å². The van der Waals surface area contributed by atoms with Crippen molar-refractivity contribution in [3.05, 3.63) is 24.5 Å². The van der Waals surface area contributed by atoms with Crippen LogP contribution in [0, 0.1) is 21.7 Å². The zero-order valence-electron chi connectivity index (χ0n) is 39.3. The van der Waals surface area contributed by atoms with Crippen molar-refractivity contribution in [3.63, 3.8) is 0 Å². The van der Waals surface area contributed by atoms with E-state index in [9.17, 15) is 34.2 Å². The predicted molar refractivity (Wildman–Crippen MR) is 248 cm³/mol. The molecule has 10 nitrogen and oxygen atoms in total. The fraction of sp³-hybridized carbons (Fsp3) is 0.827. The number of rotatable bonds is 13. The van der Waals surface area contributed by atoms with Crippen molar-refractivity contribution in [2.45, 2.75) is 218 Å². The normalized spacial score (nSPS) is 24.2. The average Bonchev–Trinajstić information content (AvgIpc) is 3.26. The molecule has 10 heteroatoms. The van der Waals surface area contributed by atoms with Crippen LogP contribution in [-0.4, -0.2) is 74.5 Å². The average molecular weight is 875 g/mol. The van der Waals surface area contributed by atoms with Crippen LogP contribution in [0.15, 0.2) is 24.5 Å². The number of ketones is 1. The number of aliphatic hydroxyl groups excluding tert-OH is 2. The molecule has 3 saturated carbocycles. The summed E-state index contributed by atoms with van der Waals surface area (Å²) < 4.78 is 15.0. The number of ether oxygens (including phenoxy) is 3. The Kier molecular flexibility index (Phi) is 28.5. The van der Waals surface area contributed by atoms with Gasteiger partial charge in [-0.05, 0) is 101 Å². The molecule has 1 atom stereocenters. The highest BCUT2D eigenvalue weighted by Crippen LogP contribution is 2.43. The highest BCUT2D eigenvalue weighted by molar-refractivity contribution is 6.24. The van der Waals surface area contributed by atoms with Gasteiger partial charge in [-0.1, -0.05) is 121 Å². The molecule has 0 radical (unpaired) electrons. The summed E-state index contributed by atoms with van der Waals surface area (Å²) in [6.45, 7) is 5.29. The van der Waals surface area contributed by atoms with Crippen molar-refractivity contribution in [2.75, 3.05) is 34.0 Å². The molecule has 2 N–H and O–H groups in total. The van der Waals surface area contributed by atoms with Gasteiger partial charge in [0.2, 0.25) is 0 Å². The maximum absolute atomic E-state index is 11.2. The third kappa shape index (κ3) is 22.2. The van der Waals surface area contributed by atoms with Gasteiger partial charge < -0.3 is 29.2 Å². The van der Waals surface area contributed by atoms with Crippen LogP contribution in [0.25, 0.3) is 0 Å². The quantitative estimate of drug-likeness (QED) is 0.0791. The lowest BCUT2D eigenvalue weighted by Crippen LogP contribution is -2.31. The van der Waals surface area contributed by atoms with E-state index in [0.29, 0.717) is 37.4 Å². The fourth-order valence-electron chi connectivity index (χ4n) is 10.2. The summed E-state index contributed by atoms with van der Waals surface area (Å²) in [5.41, 5.74) is 0.0699. The van der Waals surface area contributed by atoms with E-state index in [1.165, 1.54) is 130 Å². The van der Waals surface area contributed by atoms with E-state index in [-0.39, 0.29) is 43.8 Å². The van der Waals surface area contributed by atoms with Crippen LogP contribution >= 0.6 is 0 Å². The second kappa shape index (κ2) is 31.9. The topological polar surface area (TPSA) is 154 Å². The van der Waals surface area contributed by atoms with Crippen molar-refractivity contribution in [2.24, 2.45) is 21.7 Å². The first-order chi connectivity index (χ1) is 30.0. The van der Waals surface area contributed by atoms with E-state index in [1.807, 2.05) is 6.08 Å². The van der Waals surface area contributed by atoms with Crippen molar-refractivity contribution in [1.82, 2.24) is 0 Å². The number of carbonyl (C=O) groups excluding carboxylic acids is 5. The summed E-state index contributed by atoms with van der Waals surface area (Å²) in [6, 6.07) is 0. The van der Waals surface area contributed by atoms with Crippen LogP contribution in [0.3, 0.4) is 0 Å². The summed E-state index contributed by atoms with van der Waals surface area (Å²) in [4.78, 5) is 54.7. The number of allylic oxidation sites excluding steroid dienone is 3. The maximum Gasteiger partial charge on any atom is 0.305 e. The SMILES string of the molecule is C=C1CCC2(CCCCCCC2)CO1.COC(=O)CCC1(CO)CCCCCCC1.COC(=O)CCC1(CO)CCCCCCC1.O=CC(=O)CCC1(C=O)C/C=C\CCCC1.[HH]. The molecule has 0 amide bonds. The van der Waals surface area contributed by atoms with Crippen molar-refractivity contribution in [3.8, 4) is 0 Å². The Morgan fingerprint density at radius 1 is 0.629 bits per heavy atom. The first kappa shape index (κ1) is 55.3. The third-order valence-electron chi connectivity index (χ3n) is 14.8. The number of carbonyl (C=O) groups is 5. The Bertz CT molecular complexity index is 1250. The van der Waals surface area contributed by atoms with Crippen LogP contribution in [0.2, 0.25) is 0 Å². The van der Waals surface area contributed by atoms with Crippen molar-refractivity contribution in [1.29, 1.82) is 0 Å². The Morgan fingerprint density at radius 3 is 1.48 bits per heavy atom. The molecule has 4 aliphatic carbocycles. The molecular weight excluding hydrogens is 785 g/mol. The van der Waals surface area contributed by atoms with Gasteiger partial charge in [0, 0.05) is 51.2 Å². The molecule has 1 spiro atoms. The molecule has 4 fully saturated rings. The zero-order chi connectivity index (χ0) is 45.4. The van der Waals surface area contributed by atoms with E-state index < -0.39 is 11.2 Å². The lowest BCUT2D eigenvalue weighted by atomic mass is 9.72. The van der Waals surface area contributed by atoms with Crippen LogP contribution in [0.4, 0.5) is 0 Å². The minimum Gasteiger partial charge on any atom is -0.498 e. The molecule has 5 rings (SSSR count). The Morgan fingerprint density at radius 2 is 1.08 bits per heavy atom. The summed E-state index contributed by atoms with van der Waals surface area (Å²) in [6.07, 6.45) is 42.2. The van der Waals surface area contributed by atoms with Crippen LogP contribution in [-0.2, 0) is 38.2 Å². The number of esters is 2. The molecule has 1 heterocycles. The lowest BCUT2D eigenvalue weighted by Gasteiger charge is -2.39. The fourth-order valence-corrected chi connectivity index (χ4v) is 10.2. The minimum atomic E-state index is -0.421. The molecule has 1 unspecified atom stereocenters. The van der Waals surface area contributed by atoms with Gasteiger partial charge in [-0.15, -0.1) is 0 Å². The number of aliphatic hydroxyl groups is 2. The maximum atomic E-state index is 11.2. The van der Waals surface area contributed by atoms with Crippen molar-refractivity contribution < 1.29 is 49.8 Å². The summed E-state index contributed by atoms with van der Waals surface area (Å²) in [5.74, 6) is 0.287. The molecule has 1 aliphatic heterocycles. The molecule has 62 heavy (non-hydrogen) atoms. The number of aldehydes is 2. The van der Waals surface area contributed by atoms with Crippen molar-refractivity contribution >= 4 is 30.3 Å². The van der Waals surface area contributed by atoms with Gasteiger partial charge in [-0.2, -0.15) is 0 Å². The summed E-state index contributed by atoms with van der Waals surface area (Å²) in [5, 5.41) is 19.2. The van der Waals surface area contributed by atoms with E-state index in [0.717, 1.165) is 89.3 Å². The molecule has 0 aromatic rings. The summed E-state index contributed by atoms with van der Waals surface area (Å²) >= 11 is 0. The Labute approximate surface area is 377 Å². The van der Waals surface area contributed by atoms with Gasteiger partial charge >= 0.3 is 11.9 Å². The second-order valence-electron chi connectivity index (χ2n) is 19.6. The molecular formula is C52H90O10. The second-order valence-corrected chi connectivity index (χ2v) is 19.6. The van der Waals surface area contributed by atoms with Gasteiger partial charge in [-0.25, -0.2) is 0 Å². The number of hydrogen-bond acceptors (Lipinski definition) is 10. The monoisotopic (exact) mass is 875 g/mol. The lowest BCUT2D eigenvalue weighted by molar-refractivity contribution is -0.142. The van der Waals surface area contributed by atoms with Gasteiger partial charge in [0.1, 0.15) is 6.29 Å². The highest BCUT2D eigenvalue weighted by Gasteiger charge is 2.35. The van der Waals surface area contributed by atoms with E-state index in [1.54, 1.807) is 0 Å². The van der Waals surface area contributed by atoms with E-state index in [2.05, 4.69) is 22.1 Å². The van der Waals surface area contributed by atoms with Gasteiger partial charge in [0.15, 0.2) is 12.1 Å². The van der Waals surface area contributed by atoms with Gasteiger partial charge in [-0.3, -0.25) is 19.2 Å². The zero-order valence-corrected chi connectivity index (χ0v) is 39.3. The van der Waals surface area contributed by atoms with Crippen LogP contribution in [0.1, 0.15) is 220 Å². The number of hydrogen-bond donors (Lipinski definition) is 2. The molecule has 5 aliphatic rings. The smallest absolute Gasteiger partial charge is 0.305 e.